The van der Waals surface area contributed by atoms with Crippen LogP contribution in [0.2, 0.25) is 19.6 Å². The second-order valence-corrected chi connectivity index (χ2v) is 9.45. The average Bonchev–Trinajstić information content (AvgIpc) is 2.24. The third-order valence-corrected chi connectivity index (χ3v) is 2.80. The van der Waals surface area contributed by atoms with E-state index in [0.29, 0.717) is 0 Å². The summed E-state index contributed by atoms with van der Waals surface area (Å²) in [5, 5.41) is 10.5. The molecule has 1 aromatic rings. The molecule has 0 aliphatic rings. The molecule has 88 valence electrons. The Bertz CT molecular complexity index is 487. The van der Waals surface area contributed by atoms with Crippen molar-refractivity contribution in [2.24, 2.45) is 0 Å². The van der Waals surface area contributed by atoms with Crippen LogP contribution in [0.4, 0.5) is 5.69 Å². The summed E-state index contributed by atoms with van der Waals surface area (Å²) in [6.45, 7) is 6.54. The van der Waals surface area contributed by atoms with Gasteiger partial charge in [-0.3, -0.25) is 10.1 Å². The molecule has 1 aromatic carbocycles. The molecule has 0 spiro atoms. The summed E-state index contributed by atoms with van der Waals surface area (Å²) >= 11 is 0. The Morgan fingerprint density at radius 1 is 1.24 bits per heavy atom. The molecule has 4 heteroatoms. The van der Waals surface area contributed by atoms with Crippen molar-refractivity contribution >= 4 is 19.8 Å². The van der Waals surface area contributed by atoms with Crippen LogP contribution in [0.25, 0.3) is 6.08 Å². The van der Waals surface area contributed by atoms with Crippen LogP contribution >= 0.6 is 0 Å². The standard InChI is InChI=1S/C13H15NO2Si/c1-17(2,3)11-5-4-6-12-7-9-13(10-8-12)14(15)16/h4,6-10H,1-3H3. The Balaban J connectivity index is 2.72. The van der Waals surface area contributed by atoms with Gasteiger partial charge in [-0.1, -0.05) is 25.6 Å². The molecule has 0 N–H and O–H groups in total. The van der Waals surface area contributed by atoms with Crippen LogP contribution < -0.4 is 0 Å². The van der Waals surface area contributed by atoms with E-state index >= 15 is 0 Å². The minimum Gasteiger partial charge on any atom is -0.258 e. The van der Waals surface area contributed by atoms with Crippen LogP contribution in [0.5, 0.6) is 0 Å². The minimum absolute atomic E-state index is 0.107. The molecule has 3 nitrogen and oxygen atoms in total. The van der Waals surface area contributed by atoms with Crippen molar-refractivity contribution < 1.29 is 4.92 Å². The fourth-order valence-electron chi connectivity index (χ4n) is 1.10. The van der Waals surface area contributed by atoms with Crippen LogP contribution in [0.3, 0.4) is 0 Å². The number of nitro benzene ring substituents is 1. The molecule has 0 saturated heterocycles. The van der Waals surface area contributed by atoms with E-state index in [2.05, 4.69) is 31.1 Å². The van der Waals surface area contributed by atoms with Gasteiger partial charge in [0, 0.05) is 12.1 Å². The van der Waals surface area contributed by atoms with E-state index < -0.39 is 13.0 Å². The lowest BCUT2D eigenvalue weighted by atomic mass is 10.2. The molecule has 0 bridgehead atoms. The number of benzene rings is 1. The molecule has 0 aliphatic carbocycles. The third-order valence-electron chi connectivity index (χ3n) is 1.91. The summed E-state index contributed by atoms with van der Waals surface area (Å²) < 4.78 is 0. The van der Waals surface area contributed by atoms with Crippen molar-refractivity contribution in [3.63, 3.8) is 0 Å². The Labute approximate surface area is 102 Å². The monoisotopic (exact) mass is 245 g/mol. The van der Waals surface area contributed by atoms with E-state index in [9.17, 15) is 10.1 Å². The fourth-order valence-corrected chi connectivity index (χ4v) is 1.62. The first kappa shape index (κ1) is 13.2. The van der Waals surface area contributed by atoms with Crippen molar-refractivity contribution in [3.05, 3.63) is 46.0 Å². The maximum atomic E-state index is 10.5. The van der Waals surface area contributed by atoms with Gasteiger partial charge in [0.25, 0.3) is 5.69 Å². The number of non-ortho nitro benzene ring substituents is 1. The van der Waals surface area contributed by atoms with Crippen molar-refractivity contribution in [3.8, 4) is 11.5 Å². The Kier molecular flexibility index (Phi) is 4.24. The third kappa shape index (κ3) is 5.14. The Hall–Kier alpha value is -1.86. The molecular weight excluding hydrogens is 230 g/mol. The molecule has 1 rings (SSSR count). The smallest absolute Gasteiger partial charge is 0.258 e. The molecule has 0 heterocycles. The summed E-state index contributed by atoms with van der Waals surface area (Å²) in [7, 11) is -1.32. The second kappa shape index (κ2) is 5.46. The number of rotatable bonds is 2. The van der Waals surface area contributed by atoms with Crippen LogP contribution in [0.15, 0.2) is 30.3 Å². The molecule has 0 atom stereocenters. The van der Waals surface area contributed by atoms with Gasteiger partial charge < -0.3 is 0 Å². The highest BCUT2D eigenvalue weighted by Gasteiger charge is 2.06. The van der Waals surface area contributed by atoms with Gasteiger partial charge in [-0.05, 0) is 29.8 Å². The quantitative estimate of drug-likeness (QED) is 0.346. The maximum Gasteiger partial charge on any atom is 0.269 e. The molecule has 0 saturated carbocycles. The molecule has 0 aromatic heterocycles. The highest BCUT2D eigenvalue weighted by atomic mass is 28.3. The minimum atomic E-state index is -1.32. The Morgan fingerprint density at radius 3 is 2.29 bits per heavy atom. The van der Waals surface area contributed by atoms with Gasteiger partial charge in [0.1, 0.15) is 8.07 Å². The van der Waals surface area contributed by atoms with E-state index in [-0.39, 0.29) is 5.69 Å². The first-order chi connectivity index (χ1) is 7.88. The summed E-state index contributed by atoms with van der Waals surface area (Å²) in [6.07, 6.45) is 3.65. The zero-order valence-electron chi connectivity index (χ0n) is 10.2. The van der Waals surface area contributed by atoms with Gasteiger partial charge in [-0.15, -0.1) is 5.54 Å². The number of nitrogens with zero attached hydrogens (tertiary/aromatic N) is 1. The Morgan fingerprint density at radius 2 is 1.82 bits per heavy atom. The highest BCUT2D eigenvalue weighted by molar-refractivity contribution is 6.83. The molecular formula is C13H15NO2Si. The first-order valence-electron chi connectivity index (χ1n) is 5.32. The number of allylic oxidation sites excluding steroid dienone is 1. The highest BCUT2D eigenvalue weighted by Crippen LogP contribution is 2.12. The van der Waals surface area contributed by atoms with Crippen LogP contribution in [0.1, 0.15) is 5.56 Å². The maximum absolute atomic E-state index is 10.5. The van der Waals surface area contributed by atoms with Crippen LogP contribution in [-0.2, 0) is 0 Å². The molecule has 0 fully saturated rings. The molecule has 0 amide bonds. The van der Waals surface area contributed by atoms with E-state index in [0.717, 1.165) is 5.56 Å². The van der Waals surface area contributed by atoms with Crippen LogP contribution in [-0.4, -0.2) is 13.0 Å². The predicted molar refractivity (Wildman–Crippen MR) is 73.3 cm³/mol. The molecule has 0 aliphatic heterocycles. The topological polar surface area (TPSA) is 43.1 Å². The average molecular weight is 245 g/mol. The van der Waals surface area contributed by atoms with Crippen molar-refractivity contribution in [2.75, 3.05) is 0 Å². The summed E-state index contributed by atoms with van der Waals surface area (Å²) in [6, 6.07) is 6.41. The second-order valence-electron chi connectivity index (χ2n) is 4.70. The number of hydrogen-bond acceptors (Lipinski definition) is 2. The van der Waals surface area contributed by atoms with Crippen molar-refractivity contribution in [1.29, 1.82) is 0 Å². The normalized spacial score (nSPS) is 11.0. The largest absolute Gasteiger partial charge is 0.269 e. The van der Waals surface area contributed by atoms with E-state index in [1.807, 2.05) is 6.08 Å². The zero-order valence-corrected chi connectivity index (χ0v) is 11.2. The van der Waals surface area contributed by atoms with E-state index in [1.165, 1.54) is 12.1 Å². The van der Waals surface area contributed by atoms with Crippen molar-refractivity contribution in [1.82, 2.24) is 0 Å². The van der Waals surface area contributed by atoms with Gasteiger partial charge in [0.05, 0.1) is 4.92 Å². The van der Waals surface area contributed by atoms with Gasteiger partial charge in [-0.2, -0.15) is 0 Å². The lowest BCUT2D eigenvalue weighted by molar-refractivity contribution is -0.384. The van der Waals surface area contributed by atoms with Gasteiger partial charge in [0.15, 0.2) is 0 Å². The lowest BCUT2D eigenvalue weighted by Gasteiger charge is -2.02. The summed E-state index contributed by atoms with van der Waals surface area (Å²) in [5.41, 5.74) is 4.24. The number of nitro groups is 1. The predicted octanol–water partition coefficient (Wildman–Crippen LogP) is 3.49. The van der Waals surface area contributed by atoms with Gasteiger partial charge in [0.2, 0.25) is 0 Å². The van der Waals surface area contributed by atoms with Crippen molar-refractivity contribution in [2.45, 2.75) is 19.6 Å². The summed E-state index contributed by atoms with van der Waals surface area (Å²) in [5.74, 6) is 3.01. The summed E-state index contributed by atoms with van der Waals surface area (Å²) in [4.78, 5) is 10.0. The number of hydrogen-bond donors (Lipinski definition) is 0. The molecule has 17 heavy (non-hydrogen) atoms. The van der Waals surface area contributed by atoms with Gasteiger partial charge >= 0.3 is 0 Å². The zero-order chi connectivity index (χ0) is 12.9. The molecule has 0 unspecified atom stereocenters. The molecule has 0 radical (unpaired) electrons. The van der Waals surface area contributed by atoms with Gasteiger partial charge in [-0.25, -0.2) is 0 Å². The SMILES string of the molecule is C[Si](C)(C)C#CC=Cc1ccc([N+](=O)[O-])cc1. The van der Waals surface area contributed by atoms with Crippen LogP contribution in [0, 0.1) is 21.6 Å². The van der Waals surface area contributed by atoms with E-state index in [4.69, 9.17) is 0 Å². The van der Waals surface area contributed by atoms with E-state index in [1.54, 1.807) is 18.2 Å². The lowest BCUT2D eigenvalue weighted by Crippen LogP contribution is -2.16. The first-order valence-corrected chi connectivity index (χ1v) is 8.82. The fraction of sp³-hybridized carbons (Fsp3) is 0.231.